The molecule has 0 amide bonds. The van der Waals surface area contributed by atoms with Crippen molar-refractivity contribution < 1.29 is 9.63 Å². The van der Waals surface area contributed by atoms with Gasteiger partial charge in [-0.15, -0.1) is 0 Å². The van der Waals surface area contributed by atoms with Crippen molar-refractivity contribution in [2.24, 2.45) is 11.7 Å². The SMILES string of the molecule is Cc1cc(-c2noc(C(C)(N)C3CC3)n2)cc(C)c1O. The lowest BCUT2D eigenvalue weighted by Crippen LogP contribution is -2.35. The third-order valence-electron chi connectivity index (χ3n) is 4.06. The van der Waals surface area contributed by atoms with E-state index in [0.29, 0.717) is 23.4 Å². The van der Waals surface area contributed by atoms with Gasteiger partial charge in [-0.25, -0.2) is 0 Å². The number of aryl methyl sites for hydroxylation is 2. The first-order valence-electron chi connectivity index (χ1n) is 6.83. The molecule has 3 rings (SSSR count). The van der Waals surface area contributed by atoms with Gasteiger partial charge in [-0.2, -0.15) is 4.98 Å². The predicted molar refractivity (Wildman–Crippen MR) is 75.1 cm³/mol. The Morgan fingerprint density at radius 3 is 2.45 bits per heavy atom. The van der Waals surface area contributed by atoms with Gasteiger partial charge in [0.1, 0.15) is 5.75 Å². The molecule has 20 heavy (non-hydrogen) atoms. The van der Waals surface area contributed by atoms with Crippen LogP contribution in [-0.2, 0) is 5.54 Å². The minimum atomic E-state index is -0.549. The summed E-state index contributed by atoms with van der Waals surface area (Å²) >= 11 is 0. The van der Waals surface area contributed by atoms with Crippen molar-refractivity contribution in [3.8, 4) is 17.1 Å². The van der Waals surface area contributed by atoms with Gasteiger partial charge in [-0.05, 0) is 62.8 Å². The fourth-order valence-corrected chi connectivity index (χ4v) is 2.50. The average Bonchev–Trinajstić information content (AvgIpc) is 3.13. The second kappa shape index (κ2) is 4.31. The van der Waals surface area contributed by atoms with Gasteiger partial charge in [-0.1, -0.05) is 5.16 Å². The largest absolute Gasteiger partial charge is 0.507 e. The van der Waals surface area contributed by atoms with Crippen molar-refractivity contribution in [1.29, 1.82) is 0 Å². The number of phenols is 1. The first-order valence-corrected chi connectivity index (χ1v) is 6.83. The summed E-state index contributed by atoms with van der Waals surface area (Å²) in [5, 5.41) is 13.8. The molecular weight excluding hydrogens is 254 g/mol. The van der Waals surface area contributed by atoms with Crippen LogP contribution in [0.1, 0.15) is 36.8 Å². The number of rotatable bonds is 3. The maximum Gasteiger partial charge on any atom is 0.247 e. The van der Waals surface area contributed by atoms with Gasteiger partial charge >= 0.3 is 0 Å². The van der Waals surface area contributed by atoms with Crippen LogP contribution in [-0.4, -0.2) is 15.2 Å². The van der Waals surface area contributed by atoms with Crippen LogP contribution in [0.15, 0.2) is 16.7 Å². The summed E-state index contributed by atoms with van der Waals surface area (Å²) < 4.78 is 5.35. The quantitative estimate of drug-likeness (QED) is 0.898. The van der Waals surface area contributed by atoms with E-state index >= 15 is 0 Å². The molecule has 1 fully saturated rings. The van der Waals surface area contributed by atoms with Crippen molar-refractivity contribution in [2.75, 3.05) is 0 Å². The minimum Gasteiger partial charge on any atom is -0.507 e. The highest BCUT2D eigenvalue weighted by atomic mass is 16.5. The first kappa shape index (κ1) is 13.1. The van der Waals surface area contributed by atoms with Crippen LogP contribution in [0, 0.1) is 19.8 Å². The van der Waals surface area contributed by atoms with Crippen LogP contribution >= 0.6 is 0 Å². The third kappa shape index (κ3) is 2.08. The van der Waals surface area contributed by atoms with E-state index in [4.69, 9.17) is 10.3 Å². The number of hydrogen-bond donors (Lipinski definition) is 2. The van der Waals surface area contributed by atoms with E-state index in [1.54, 1.807) is 0 Å². The molecule has 0 bridgehead atoms. The van der Waals surface area contributed by atoms with E-state index in [1.807, 2.05) is 32.9 Å². The van der Waals surface area contributed by atoms with E-state index in [0.717, 1.165) is 29.5 Å². The molecule has 1 saturated carbocycles. The number of aromatic hydroxyl groups is 1. The number of phenolic OH excluding ortho intramolecular Hbond substituents is 1. The molecule has 1 aromatic carbocycles. The normalized spacial score (nSPS) is 18.0. The van der Waals surface area contributed by atoms with E-state index in [1.165, 1.54) is 0 Å². The zero-order chi connectivity index (χ0) is 14.5. The fourth-order valence-electron chi connectivity index (χ4n) is 2.50. The highest BCUT2D eigenvalue weighted by Crippen LogP contribution is 2.43. The molecule has 1 unspecified atom stereocenters. The summed E-state index contributed by atoms with van der Waals surface area (Å²) in [6.45, 7) is 5.64. The summed E-state index contributed by atoms with van der Waals surface area (Å²) in [6.07, 6.45) is 2.23. The van der Waals surface area contributed by atoms with Crippen molar-refractivity contribution in [1.82, 2.24) is 10.1 Å². The van der Waals surface area contributed by atoms with Gasteiger partial charge in [0, 0.05) is 5.56 Å². The average molecular weight is 273 g/mol. The van der Waals surface area contributed by atoms with Gasteiger partial charge < -0.3 is 15.4 Å². The van der Waals surface area contributed by atoms with Crippen molar-refractivity contribution in [3.63, 3.8) is 0 Å². The number of benzene rings is 1. The fraction of sp³-hybridized carbons (Fsp3) is 0.467. The highest BCUT2D eigenvalue weighted by Gasteiger charge is 2.43. The number of nitrogens with two attached hydrogens (primary N) is 1. The Labute approximate surface area is 117 Å². The topological polar surface area (TPSA) is 85.2 Å². The maximum absolute atomic E-state index is 9.81. The predicted octanol–water partition coefficient (Wildman–Crippen LogP) is 2.64. The van der Waals surface area contributed by atoms with Crippen molar-refractivity contribution in [2.45, 2.75) is 39.2 Å². The Kier molecular flexibility index (Phi) is 2.83. The summed E-state index contributed by atoms with van der Waals surface area (Å²) in [6, 6.07) is 3.70. The number of nitrogens with zero attached hydrogens (tertiary/aromatic N) is 2. The number of hydrogen-bond acceptors (Lipinski definition) is 5. The van der Waals surface area contributed by atoms with Crippen molar-refractivity contribution >= 4 is 0 Å². The molecule has 1 aliphatic carbocycles. The molecule has 1 aliphatic rings. The monoisotopic (exact) mass is 273 g/mol. The smallest absolute Gasteiger partial charge is 0.247 e. The van der Waals surface area contributed by atoms with Crippen LogP contribution in [0.25, 0.3) is 11.4 Å². The molecule has 0 radical (unpaired) electrons. The minimum absolute atomic E-state index is 0.305. The molecule has 0 aliphatic heterocycles. The summed E-state index contributed by atoms with van der Waals surface area (Å²) in [7, 11) is 0. The second-order valence-electron chi connectivity index (χ2n) is 5.94. The second-order valence-corrected chi connectivity index (χ2v) is 5.94. The zero-order valence-electron chi connectivity index (χ0n) is 12.0. The first-order chi connectivity index (χ1) is 9.39. The van der Waals surface area contributed by atoms with Crippen LogP contribution in [0.2, 0.25) is 0 Å². The Morgan fingerprint density at radius 1 is 1.30 bits per heavy atom. The molecule has 0 saturated heterocycles. The summed E-state index contributed by atoms with van der Waals surface area (Å²) in [4.78, 5) is 4.44. The van der Waals surface area contributed by atoms with Gasteiger partial charge in [0.2, 0.25) is 11.7 Å². The van der Waals surface area contributed by atoms with Gasteiger partial charge in [0.05, 0.1) is 5.54 Å². The summed E-state index contributed by atoms with van der Waals surface area (Å²) in [5.74, 6) is 1.74. The van der Waals surface area contributed by atoms with E-state index in [2.05, 4.69) is 10.1 Å². The molecule has 5 nitrogen and oxygen atoms in total. The molecule has 106 valence electrons. The lowest BCUT2D eigenvalue weighted by Gasteiger charge is -2.18. The Morgan fingerprint density at radius 2 is 1.90 bits per heavy atom. The number of aromatic nitrogens is 2. The molecule has 5 heteroatoms. The lowest BCUT2D eigenvalue weighted by molar-refractivity contribution is 0.273. The molecule has 1 heterocycles. The van der Waals surface area contributed by atoms with E-state index < -0.39 is 5.54 Å². The summed E-state index contributed by atoms with van der Waals surface area (Å²) in [5.41, 5.74) is 8.16. The van der Waals surface area contributed by atoms with Gasteiger partial charge in [-0.3, -0.25) is 0 Å². The third-order valence-corrected chi connectivity index (χ3v) is 4.06. The van der Waals surface area contributed by atoms with Crippen LogP contribution in [0.5, 0.6) is 5.75 Å². The van der Waals surface area contributed by atoms with E-state index in [-0.39, 0.29) is 0 Å². The van der Waals surface area contributed by atoms with Crippen molar-refractivity contribution in [3.05, 3.63) is 29.2 Å². The molecule has 2 aromatic rings. The molecular formula is C15H19N3O2. The van der Waals surface area contributed by atoms with E-state index in [9.17, 15) is 5.11 Å². The van der Waals surface area contributed by atoms with Crippen LogP contribution in [0.4, 0.5) is 0 Å². The molecule has 0 spiro atoms. The maximum atomic E-state index is 9.81. The molecule has 3 N–H and O–H groups in total. The van der Waals surface area contributed by atoms with Crippen LogP contribution in [0.3, 0.4) is 0 Å². The van der Waals surface area contributed by atoms with Gasteiger partial charge in [0.15, 0.2) is 0 Å². The lowest BCUT2D eigenvalue weighted by atomic mass is 9.97. The Bertz CT molecular complexity index is 634. The highest BCUT2D eigenvalue weighted by molar-refractivity contribution is 5.60. The van der Waals surface area contributed by atoms with Gasteiger partial charge in [0.25, 0.3) is 0 Å². The molecule has 1 aromatic heterocycles. The molecule has 1 atom stereocenters. The Balaban J connectivity index is 1.98. The Hall–Kier alpha value is -1.88. The standard InChI is InChI=1S/C15H19N3O2/c1-8-6-10(7-9(2)12(8)19)13-17-14(20-18-13)15(3,16)11-4-5-11/h6-7,11,19H,4-5,16H2,1-3H3. The van der Waals surface area contributed by atoms with Crippen LogP contribution < -0.4 is 5.73 Å². The zero-order valence-corrected chi connectivity index (χ0v) is 12.0.